The van der Waals surface area contributed by atoms with E-state index < -0.39 is 11.7 Å². The molecule has 0 aliphatic carbocycles. The molecule has 0 bridgehead atoms. The summed E-state index contributed by atoms with van der Waals surface area (Å²) in [6.45, 7) is 0.952. The summed E-state index contributed by atoms with van der Waals surface area (Å²) in [5.74, 6) is 0.866. The molecule has 1 aromatic carbocycles. The Morgan fingerprint density at radius 2 is 2.00 bits per heavy atom. The Morgan fingerprint density at radius 3 is 2.69 bits per heavy atom. The average molecular weight is 422 g/mol. The van der Waals surface area contributed by atoms with Gasteiger partial charge in [0.1, 0.15) is 0 Å². The minimum Gasteiger partial charge on any atom is -0.420 e. The molecule has 1 saturated heterocycles. The van der Waals surface area contributed by atoms with Crippen LogP contribution in [0.25, 0.3) is 10.8 Å². The van der Waals surface area contributed by atoms with E-state index in [-0.39, 0.29) is 11.9 Å². The lowest BCUT2D eigenvalue weighted by Crippen LogP contribution is -2.41. The average Bonchev–Trinajstić information content (AvgIpc) is 3.39. The number of amides is 2. The maximum absolute atomic E-state index is 12.7. The highest BCUT2D eigenvalue weighted by atomic mass is 32.1. The van der Waals surface area contributed by atoms with Crippen molar-refractivity contribution >= 4 is 23.1 Å². The van der Waals surface area contributed by atoms with Crippen molar-refractivity contribution in [3.05, 3.63) is 53.2 Å². The van der Waals surface area contributed by atoms with Crippen molar-refractivity contribution < 1.29 is 22.4 Å². The molecule has 1 atom stereocenters. The number of benzene rings is 1. The van der Waals surface area contributed by atoms with Crippen LogP contribution in [-0.4, -0.2) is 34.2 Å². The zero-order valence-electron chi connectivity index (χ0n) is 15.1. The van der Waals surface area contributed by atoms with Gasteiger partial charge < -0.3 is 14.6 Å². The van der Waals surface area contributed by atoms with Crippen LogP contribution in [0.3, 0.4) is 0 Å². The van der Waals surface area contributed by atoms with Crippen LogP contribution in [0, 0.1) is 0 Å². The van der Waals surface area contributed by atoms with Crippen LogP contribution >= 0.6 is 11.3 Å². The number of thiophene rings is 1. The molecule has 1 N–H and O–H groups in total. The van der Waals surface area contributed by atoms with Crippen molar-refractivity contribution in [3.8, 4) is 10.8 Å². The van der Waals surface area contributed by atoms with Gasteiger partial charge in [0.2, 0.25) is 5.89 Å². The Hall–Kier alpha value is -2.88. The number of rotatable bonds is 3. The quantitative estimate of drug-likeness (QED) is 0.628. The highest BCUT2D eigenvalue weighted by Gasteiger charge is 2.31. The molecule has 6 nitrogen and oxygen atoms in total. The predicted octanol–water partition coefficient (Wildman–Crippen LogP) is 5.23. The summed E-state index contributed by atoms with van der Waals surface area (Å²) in [4.78, 5) is 15.0. The van der Waals surface area contributed by atoms with E-state index in [4.69, 9.17) is 4.42 Å². The van der Waals surface area contributed by atoms with Gasteiger partial charge in [-0.05, 0) is 48.6 Å². The molecule has 0 spiro atoms. The van der Waals surface area contributed by atoms with E-state index >= 15 is 0 Å². The van der Waals surface area contributed by atoms with E-state index in [1.165, 1.54) is 23.5 Å². The number of carbonyl (C=O) groups excluding carboxylic acids is 1. The highest BCUT2D eigenvalue weighted by Crippen LogP contribution is 2.31. The number of hydrogen-bond donors (Lipinski definition) is 1. The number of piperidine rings is 1. The van der Waals surface area contributed by atoms with Gasteiger partial charge in [-0.25, -0.2) is 4.79 Å². The van der Waals surface area contributed by atoms with E-state index in [1.807, 2.05) is 17.5 Å². The number of alkyl halides is 3. The first-order chi connectivity index (χ1) is 13.9. The van der Waals surface area contributed by atoms with Crippen LogP contribution < -0.4 is 5.32 Å². The summed E-state index contributed by atoms with van der Waals surface area (Å²) in [6, 6.07) is 7.80. The van der Waals surface area contributed by atoms with Crippen LogP contribution in [0.4, 0.5) is 23.7 Å². The van der Waals surface area contributed by atoms with Crippen molar-refractivity contribution in [2.75, 3.05) is 18.4 Å². The number of carbonyl (C=O) groups is 1. The Labute approximate surface area is 168 Å². The third-order valence-electron chi connectivity index (χ3n) is 4.69. The van der Waals surface area contributed by atoms with Gasteiger partial charge in [-0.3, -0.25) is 0 Å². The summed E-state index contributed by atoms with van der Waals surface area (Å²) >= 11 is 1.50. The molecule has 3 aromatic rings. The van der Waals surface area contributed by atoms with Crippen molar-refractivity contribution in [1.82, 2.24) is 15.1 Å². The van der Waals surface area contributed by atoms with E-state index in [0.29, 0.717) is 30.6 Å². The number of nitrogens with one attached hydrogen (secondary N) is 1. The van der Waals surface area contributed by atoms with Gasteiger partial charge in [0.15, 0.2) is 0 Å². The molecule has 0 saturated carbocycles. The van der Waals surface area contributed by atoms with Gasteiger partial charge >= 0.3 is 12.2 Å². The molecule has 4 rings (SSSR count). The van der Waals surface area contributed by atoms with Crippen LogP contribution in [0.2, 0.25) is 0 Å². The molecule has 29 heavy (non-hydrogen) atoms. The van der Waals surface area contributed by atoms with Crippen molar-refractivity contribution in [2.45, 2.75) is 24.9 Å². The molecule has 2 aromatic heterocycles. The molecule has 1 unspecified atom stereocenters. The smallest absolute Gasteiger partial charge is 0.416 e. The van der Waals surface area contributed by atoms with Crippen LogP contribution in [0.15, 0.2) is 46.2 Å². The lowest BCUT2D eigenvalue weighted by Gasteiger charge is -2.31. The molecule has 1 aliphatic heterocycles. The van der Waals surface area contributed by atoms with Gasteiger partial charge in [-0.1, -0.05) is 6.07 Å². The van der Waals surface area contributed by atoms with E-state index in [9.17, 15) is 18.0 Å². The minimum absolute atomic E-state index is 0.0803. The summed E-state index contributed by atoms with van der Waals surface area (Å²) in [5.41, 5.74) is -0.450. The third kappa shape index (κ3) is 4.42. The van der Waals surface area contributed by atoms with Crippen molar-refractivity contribution in [1.29, 1.82) is 0 Å². The Kier molecular flexibility index (Phi) is 5.27. The first kappa shape index (κ1) is 19.4. The second-order valence-corrected chi connectivity index (χ2v) is 7.66. The molecule has 3 heterocycles. The SMILES string of the molecule is O=C(Nc1ccc(C(F)(F)F)cc1)N1CCCC(c2nnc(-c3cccs3)o2)C1. The first-order valence-electron chi connectivity index (χ1n) is 9.00. The van der Waals surface area contributed by atoms with Crippen LogP contribution in [0.5, 0.6) is 0 Å². The normalized spacial score (nSPS) is 17.3. The molecule has 1 aliphatic rings. The van der Waals surface area contributed by atoms with Crippen LogP contribution in [-0.2, 0) is 6.18 Å². The fourth-order valence-corrected chi connectivity index (χ4v) is 3.85. The van der Waals surface area contributed by atoms with E-state index in [2.05, 4.69) is 15.5 Å². The van der Waals surface area contributed by atoms with Gasteiger partial charge in [0.25, 0.3) is 5.89 Å². The summed E-state index contributed by atoms with van der Waals surface area (Å²) in [6.07, 6.45) is -2.83. The molecule has 0 radical (unpaired) electrons. The third-order valence-corrected chi connectivity index (χ3v) is 5.55. The lowest BCUT2D eigenvalue weighted by atomic mass is 9.98. The fraction of sp³-hybridized carbons (Fsp3) is 0.316. The minimum atomic E-state index is -4.41. The molecule has 2 amide bonds. The number of nitrogens with zero attached hydrogens (tertiary/aromatic N) is 3. The summed E-state index contributed by atoms with van der Waals surface area (Å²) in [7, 11) is 0. The topological polar surface area (TPSA) is 71.3 Å². The van der Waals surface area contributed by atoms with Gasteiger partial charge in [0, 0.05) is 18.8 Å². The zero-order chi connectivity index (χ0) is 20.4. The number of aromatic nitrogens is 2. The number of hydrogen-bond acceptors (Lipinski definition) is 5. The molecular formula is C19H17F3N4O2S. The van der Waals surface area contributed by atoms with Crippen molar-refractivity contribution in [3.63, 3.8) is 0 Å². The molecule has 10 heteroatoms. The Bertz CT molecular complexity index is 970. The van der Waals surface area contributed by atoms with Gasteiger partial charge in [-0.2, -0.15) is 13.2 Å². The monoisotopic (exact) mass is 422 g/mol. The molecular weight excluding hydrogens is 405 g/mol. The Morgan fingerprint density at radius 1 is 1.21 bits per heavy atom. The maximum atomic E-state index is 12.7. The summed E-state index contributed by atoms with van der Waals surface area (Å²) in [5, 5.41) is 12.8. The fourth-order valence-electron chi connectivity index (χ4n) is 3.21. The number of anilines is 1. The first-order valence-corrected chi connectivity index (χ1v) is 9.88. The van der Waals surface area contributed by atoms with Crippen LogP contribution in [0.1, 0.15) is 30.2 Å². The number of halogens is 3. The zero-order valence-corrected chi connectivity index (χ0v) is 16.0. The van der Waals surface area contributed by atoms with Gasteiger partial charge in [0.05, 0.1) is 16.4 Å². The predicted molar refractivity (Wildman–Crippen MR) is 102 cm³/mol. The molecule has 152 valence electrons. The number of urea groups is 1. The number of likely N-dealkylation sites (tertiary alicyclic amines) is 1. The maximum Gasteiger partial charge on any atom is 0.416 e. The standard InChI is InChI=1S/C19H17F3N4O2S/c20-19(21,22)13-5-7-14(8-6-13)23-18(27)26-9-1-3-12(11-26)16-24-25-17(28-16)15-4-2-10-29-15/h2,4-8,10,12H,1,3,9,11H2,(H,23,27). The second kappa shape index (κ2) is 7.86. The second-order valence-electron chi connectivity index (χ2n) is 6.71. The highest BCUT2D eigenvalue weighted by molar-refractivity contribution is 7.13. The van der Waals surface area contributed by atoms with E-state index in [0.717, 1.165) is 29.9 Å². The van der Waals surface area contributed by atoms with E-state index in [1.54, 1.807) is 4.90 Å². The summed E-state index contributed by atoms with van der Waals surface area (Å²) < 4.78 is 43.7. The lowest BCUT2D eigenvalue weighted by molar-refractivity contribution is -0.137. The van der Waals surface area contributed by atoms with Gasteiger partial charge in [-0.15, -0.1) is 21.5 Å². The largest absolute Gasteiger partial charge is 0.420 e. The molecule has 1 fully saturated rings. The van der Waals surface area contributed by atoms with Crippen molar-refractivity contribution in [2.24, 2.45) is 0 Å². The Balaban J connectivity index is 1.40.